The lowest BCUT2D eigenvalue weighted by molar-refractivity contribution is 0.0383. The number of amides is 2. The second-order valence-electron chi connectivity index (χ2n) is 6.19. The summed E-state index contributed by atoms with van der Waals surface area (Å²) in [6, 6.07) is 18.3. The Balaban J connectivity index is 1.44. The number of carbonyl (C=O) groups excluding carboxylic acids is 1. The van der Waals surface area contributed by atoms with Crippen LogP contribution in [0, 0.1) is 0 Å². The van der Waals surface area contributed by atoms with Gasteiger partial charge in [0.1, 0.15) is 29.3 Å². The normalized spacial score (nSPS) is 13.2. The molecule has 3 N–H and O–H groups in total. The molecule has 0 fully saturated rings. The van der Waals surface area contributed by atoms with Gasteiger partial charge in [0.05, 0.1) is 13.1 Å². The molecular formula is C20H22N2O4. The van der Waals surface area contributed by atoms with E-state index in [0.717, 1.165) is 11.1 Å². The molecule has 1 heterocycles. The number of carbonyl (C=O) groups is 1. The average molecular weight is 354 g/mol. The molecule has 0 aliphatic rings. The van der Waals surface area contributed by atoms with E-state index < -0.39 is 5.60 Å². The largest absolute Gasteiger partial charge is 0.492 e. The van der Waals surface area contributed by atoms with Crippen molar-refractivity contribution >= 4 is 17.0 Å². The van der Waals surface area contributed by atoms with Crippen molar-refractivity contribution in [1.29, 1.82) is 0 Å². The number of benzene rings is 2. The average Bonchev–Trinajstić information content (AvgIpc) is 3.10. The van der Waals surface area contributed by atoms with E-state index >= 15 is 0 Å². The van der Waals surface area contributed by atoms with Crippen molar-refractivity contribution in [3.8, 4) is 5.75 Å². The second kappa shape index (κ2) is 7.93. The Labute approximate surface area is 151 Å². The highest BCUT2D eigenvalue weighted by atomic mass is 16.5. The van der Waals surface area contributed by atoms with Crippen molar-refractivity contribution in [2.75, 3.05) is 19.7 Å². The van der Waals surface area contributed by atoms with Crippen LogP contribution in [0.3, 0.4) is 0 Å². The van der Waals surface area contributed by atoms with E-state index in [1.54, 1.807) is 13.0 Å². The minimum Gasteiger partial charge on any atom is -0.492 e. The summed E-state index contributed by atoms with van der Waals surface area (Å²) < 4.78 is 11.2. The van der Waals surface area contributed by atoms with Gasteiger partial charge in [-0.2, -0.15) is 0 Å². The zero-order chi connectivity index (χ0) is 18.4. The summed E-state index contributed by atoms with van der Waals surface area (Å²) in [5, 5.41) is 16.8. The van der Waals surface area contributed by atoms with Crippen LogP contribution in [0.5, 0.6) is 5.75 Å². The highest BCUT2D eigenvalue weighted by Crippen LogP contribution is 2.27. The second-order valence-corrected chi connectivity index (χ2v) is 6.19. The molecule has 2 aromatic carbocycles. The summed E-state index contributed by atoms with van der Waals surface area (Å²) in [5.41, 5.74) is -0.609. The molecule has 0 radical (unpaired) electrons. The lowest BCUT2D eigenvalue weighted by Crippen LogP contribution is -2.44. The molecule has 3 rings (SSSR count). The van der Waals surface area contributed by atoms with Gasteiger partial charge in [0.15, 0.2) is 0 Å². The lowest BCUT2D eigenvalue weighted by Gasteiger charge is -2.21. The third-order valence-corrected chi connectivity index (χ3v) is 3.95. The number of hydrogen-bond acceptors (Lipinski definition) is 4. The van der Waals surface area contributed by atoms with Gasteiger partial charge in [-0.1, -0.05) is 36.4 Å². The van der Waals surface area contributed by atoms with Crippen LogP contribution in [0.2, 0.25) is 0 Å². The first kappa shape index (κ1) is 17.8. The third kappa shape index (κ3) is 4.55. The first-order valence-corrected chi connectivity index (χ1v) is 8.45. The quantitative estimate of drug-likeness (QED) is 0.570. The summed E-state index contributed by atoms with van der Waals surface area (Å²) in [6.45, 7) is 2.34. The smallest absolute Gasteiger partial charge is 0.315 e. The van der Waals surface area contributed by atoms with Crippen LogP contribution in [0.15, 0.2) is 65.1 Å². The van der Waals surface area contributed by atoms with Crippen molar-refractivity contribution in [3.05, 3.63) is 66.4 Å². The highest BCUT2D eigenvalue weighted by molar-refractivity contribution is 5.78. The first-order chi connectivity index (χ1) is 12.5. The number of hydrogen-bond donors (Lipinski definition) is 3. The van der Waals surface area contributed by atoms with Gasteiger partial charge in [0, 0.05) is 5.39 Å². The Hall–Kier alpha value is -2.99. The molecule has 0 saturated heterocycles. The maximum absolute atomic E-state index is 11.9. The van der Waals surface area contributed by atoms with Gasteiger partial charge in [-0.3, -0.25) is 0 Å². The number of aliphatic hydroxyl groups is 1. The summed E-state index contributed by atoms with van der Waals surface area (Å²) in [5.74, 6) is 1.16. The molecular weight excluding hydrogens is 332 g/mol. The fourth-order valence-electron chi connectivity index (χ4n) is 2.50. The molecule has 1 atom stereocenters. The summed E-state index contributed by atoms with van der Waals surface area (Å²) in [6.07, 6.45) is 0. The summed E-state index contributed by atoms with van der Waals surface area (Å²) >= 11 is 0. The molecule has 0 aliphatic heterocycles. The Bertz CT molecular complexity index is 825. The van der Waals surface area contributed by atoms with Crippen molar-refractivity contribution in [1.82, 2.24) is 10.6 Å². The van der Waals surface area contributed by atoms with E-state index in [0.29, 0.717) is 24.5 Å². The maximum Gasteiger partial charge on any atom is 0.315 e. The molecule has 6 heteroatoms. The van der Waals surface area contributed by atoms with Crippen LogP contribution >= 0.6 is 0 Å². The van der Waals surface area contributed by atoms with E-state index in [9.17, 15) is 9.90 Å². The molecule has 0 spiro atoms. The van der Waals surface area contributed by atoms with Crippen molar-refractivity contribution in [2.24, 2.45) is 0 Å². The lowest BCUT2D eigenvalue weighted by atomic mass is 10.0. The van der Waals surface area contributed by atoms with Gasteiger partial charge in [-0.25, -0.2) is 4.79 Å². The molecule has 0 aliphatic carbocycles. The standard InChI is InChI=1S/C20H22N2O4/c1-20(24,18-13-15-7-5-6-10-17(15)26-18)14-22-19(23)21-11-12-25-16-8-3-2-4-9-16/h2-10,13,24H,11-12,14H2,1H3,(H2,21,22,23). The number of nitrogens with one attached hydrogen (secondary N) is 2. The maximum atomic E-state index is 11.9. The monoisotopic (exact) mass is 354 g/mol. The SMILES string of the molecule is CC(O)(CNC(=O)NCCOc1ccccc1)c1cc2ccccc2o1. The predicted octanol–water partition coefficient (Wildman–Crippen LogP) is 3.02. The minimum atomic E-state index is -1.31. The van der Waals surface area contributed by atoms with Crippen LogP contribution in [-0.2, 0) is 5.60 Å². The van der Waals surface area contributed by atoms with Crippen molar-refractivity contribution in [2.45, 2.75) is 12.5 Å². The molecule has 1 unspecified atom stereocenters. The number of para-hydroxylation sites is 2. The van der Waals surface area contributed by atoms with Crippen LogP contribution < -0.4 is 15.4 Å². The topological polar surface area (TPSA) is 83.7 Å². The highest BCUT2D eigenvalue weighted by Gasteiger charge is 2.28. The number of ether oxygens (including phenoxy) is 1. The van der Waals surface area contributed by atoms with Gasteiger partial charge in [-0.15, -0.1) is 0 Å². The predicted molar refractivity (Wildman–Crippen MR) is 99.1 cm³/mol. The Morgan fingerprint density at radius 1 is 1.12 bits per heavy atom. The van der Waals surface area contributed by atoms with Crippen LogP contribution in [0.25, 0.3) is 11.0 Å². The number of fused-ring (bicyclic) bond motifs is 1. The van der Waals surface area contributed by atoms with Crippen LogP contribution in [-0.4, -0.2) is 30.8 Å². The Kier molecular flexibility index (Phi) is 5.43. The van der Waals surface area contributed by atoms with E-state index in [1.165, 1.54) is 0 Å². The molecule has 6 nitrogen and oxygen atoms in total. The molecule has 1 aromatic heterocycles. The third-order valence-electron chi connectivity index (χ3n) is 3.95. The van der Waals surface area contributed by atoms with Gasteiger partial charge >= 0.3 is 6.03 Å². The summed E-state index contributed by atoms with van der Waals surface area (Å²) in [7, 11) is 0. The van der Waals surface area contributed by atoms with Gasteiger partial charge in [0.2, 0.25) is 0 Å². The van der Waals surface area contributed by atoms with E-state index in [-0.39, 0.29) is 12.6 Å². The van der Waals surface area contributed by atoms with E-state index in [4.69, 9.17) is 9.15 Å². The van der Waals surface area contributed by atoms with Crippen molar-refractivity contribution in [3.63, 3.8) is 0 Å². The van der Waals surface area contributed by atoms with Gasteiger partial charge in [0.25, 0.3) is 0 Å². The number of urea groups is 1. The fourth-order valence-corrected chi connectivity index (χ4v) is 2.50. The van der Waals surface area contributed by atoms with Crippen LogP contribution in [0.1, 0.15) is 12.7 Å². The Morgan fingerprint density at radius 3 is 2.62 bits per heavy atom. The first-order valence-electron chi connectivity index (χ1n) is 8.45. The zero-order valence-corrected chi connectivity index (χ0v) is 14.6. The molecule has 0 bridgehead atoms. The van der Waals surface area contributed by atoms with Crippen LogP contribution in [0.4, 0.5) is 4.79 Å². The van der Waals surface area contributed by atoms with Gasteiger partial charge in [-0.05, 0) is 31.2 Å². The fraction of sp³-hybridized carbons (Fsp3) is 0.250. The minimum absolute atomic E-state index is 0.0260. The zero-order valence-electron chi connectivity index (χ0n) is 14.6. The molecule has 3 aromatic rings. The molecule has 2 amide bonds. The van der Waals surface area contributed by atoms with Crippen molar-refractivity contribution < 1.29 is 19.1 Å². The van der Waals surface area contributed by atoms with Gasteiger partial charge < -0.3 is 24.9 Å². The van der Waals surface area contributed by atoms with E-state index in [2.05, 4.69) is 10.6 Å². The van der Waals surface area contributed by atoms with E-state index in [1.807, 2.05) is 54.6 Å². The number of rotatable bonds is 7. The summed E-state index contributed by atoms with van der Waals surface area (Å²) in [4.78, 5) is 11.9. The Morgan fingerprint density at radius 2 is 1.85 bits per heavy atom. The molecule has 26 heavy (non-hydrogen) atoms. The number of furan rings is 1. The molecule has 136 valence electrons. The molecule has 0 saturated carbocycles.